The second kappa shape index (κ2) is 4.66. The minimum atomic E-state index is 0.116. The predicted molar refractivity (Wildman–Crippen MR) is 86.2 cm³/mol. The lowest BCUT2D eigenvalue weighted by Crippen LogP contribution is -2.50. The highest BCUT2D eigenvalue weighted by Gasteiger charge is 2.56. The number of aldehydes is 1. The molecule has 5 unspecified atom stereocenters. The molecule has 0 aromatic rings. The van der Waals surface area contributed by atoms with Crippen LogP contribution in [0.25, 0.3) is 0 Å². The van der Waals surface area contributed by atoms with Crippen LogP contribution in [0.4, 0.5) is 0 Å². The van der Waals surface area contributed by atoms with Gasteiger partial charge in [0.15, 0.2) is 5.78 Å². The molecule has 0 saturated heterocycles. The van der Waals surface area contributed by atoms with Crippen LogP contribution in [0.3, 0.4) is 0 Å². The molecule has 118 valence electrons. The van der Waals surface area contributed by atoms with E-state index in [0.29, 0.717) is 17.6 Å². The Balaban J connectivity index is 1.69. The molecule has 0 amide bonds. The topological polar surface area (TPSA) is 34.1 Å². The summed E-state index contributed by atoms with van der Waals surface area (Å²) >= 11 is 0. The van der Waals surface area contributed by atoms with E-state index in [-0.39, 0.29) is 10.8 Å². The maximum absolute atomic E-state index is 11.8. The van der Waals surface area contributed by atoms with E-state index in [2.05, 4.69) is 19.9 Å². The highest BCUT2D eigenvalue weighted by atomic mass is 16.1. The number of hydrogen-bond donors (Lipinski definition) is 0. The van der Waals surface area contributed by atoms with Gasteiger partial charge in [-0.3, -0.25) is 9.59 Å². The zero-order chi connectivity index (χ0) is 15.5. The number of rotatable bonds is 1. The van der Waals surface area contributed by atoms with Crippen molar-refractivity contribution in [2.75, 3.05) is 0 Å². The minimum absolute atomic E-state index is 0.116. The Morgan fingerprint density at radius 2 is 1.91 bits per heavy atom. The Bertz CT molecular complexity index is 599. The van der Waals surface area contributed by atoms with Crippen molar-refractivity contribution in [1.82, 2.24) is 0 Å². The van der Waals surface area contributed by atoms with Crippen LogP contribution in [0.5, 0.6) is 0 Å². The quantitative estimate of drug-likeness (QED) is 0.678. The third-order valence-corrected chi connectivity index (χ3v) is 7.73. The maximum Gasteiger partial charge on any atom is 0.155 e. The molecule has 4 aliphatic rings. The number of carbonyl (C=O) groups is 2. The Hall–Kier alpha value is -1.18. The summed E-state index contributed by atoms with van der Waals surface area (Å²) in [5, 5.41) is 0. The third kappa shape index (κ3) is 1.73. The molecular weight excluding hydrogens is 272 g/mol. The maximum atomic E-state index is 11.8. The van der Waals surface area contributed by atoms with Gasteiger partial charge in [-0.1, -0.05) is 25.5 Å². The van der Waals surface area contributed by atoms with Gasteiger partial charge in [0, 0.05) is 6.42 Å². The molecule has 2 heteroatoms. The van der Waals surface area contributed by atoms with Gasteiger partial charge in [0.2, 0.25) is 0 Å². The van der Waals surface area contributed by atoms with Gasteiger partial charge in [-0.05, 0) is 78.8 Å². The molecule has 22 heavy (non-hydrogen) atoms. The summed E-state index contributed by atoms with van der Waals surface area (Å²) in [7, 11) is 0. The van der Waals surface area contributed by atoms with Gasteiger partial charge < -0.3 is 0 Å². The molecule has 2 fully saturated rings. The largest absolute Gasteiger partial charge is 0.298 e. The molecule has 0 radical (unpaired) electrons. The fraction of sp³-hybridized carbons (Fsp3) is 0.700. The average Bonchev–Trinajstić information content (AvgIpc) is 2.84. The van der Waals surface area contributed by atoms with Crippen molar-refractivity contribution in [2.24, 2.45) is 28.6 Å². The molecule has 5 atom stereocenters. The third-order valence-electron chi connectivity index (χ3n) is 7.73. The zero-order valence-electron chi connectivity index (χ0n) is 13.7. The van der Waals surface area contributed by atoms with Crippen LogP contribution in [0.1, 0.15) is 58.8 Å². The smallest absolute Gasteiger partial charge is 0.155 e. The predicted octanol–water partition coefficient (Wildman–Crippen LogP) is 4.25. The van der Waals surface area contributed by atoms with Crippen molar-refractivity contribution < 1.29 is 9.59 Å². The first-order valence-electron chi connectivity index (χ1n) is 8.89. The second-order valence-electron chi connectivity index (χ2n) is 8.44. The van der Waals surface area contributed by atoms with Crippen LogP contribution in [-0.4, -0.2) is 12.1 Å². The second-order valence-corrected chi connectivity index (χ2v) is 8.44. The van der Waals surface area contributed by atoms with E-state index in [0.717, 1.165) is 49.9 Å². The first-order valence-corrected chi connectivity index (χ1v) is 8.89. The van der Waals surface area contributed by atoms with Gasteiger partial charge in [-0.15, -0.1) is 0 Å². The van der Waals surface area contributed by atoms with Crippen LogP contribution in [0, 0.1) is 28.6 Å². The molecule has 0 N–H and O–H groups in total. The van der Waals surface area contributed by atoms with Gasteiger partial charge in [0.25, 0.3) is 0 Å². The minimum Gasteiger partial charge on any atom is -0.298 e. The molecule has 0 spiro atoms. The highest BCUT2D eigenvalue weighted by Crippen LogP contribution is 2.64. The monoisotopic (exact) mass is 298 g/mol. The van der Waals surface area contributed by atoms with Gasteiger partial charge in [-0.2, -0.15) is 0 Å². The molecule has 0 heterocycles. The van der Waals surface area contributed by atoms with Gasteiger partial charge in [-0.25, -0.2) is 0 Å². The average molecular weight is 298 g/mol. The van der Waals surface area contributed by atoms with Crippen LogP contribution in [0.15, 0.2) is 23.3 Å². The van der Waals surface area contributed by atoms with Crippen LogP contribution in [-0.2, 0) is 9.59 Å². The Labute approximate surface area is 133 Å². The van der Waals surface area contributed by atoms with E-state index in [1.54, 1.807) is 0 Å². The summed E-state index contributed by atoms with van der Waals surface area (Å²) < 4.78 is 0. The van der Waals surface area contributed by atoms with E-state index in [4.69, 9.17) is 0 Å². The summed E-state index contributed by atoms with van der Waals surface area (Å²) in [6, 6.07) is 0. The molecule has 2 nitrogen and oxygen atoms in total. The summed E-state index contributed by atoms with van der Waals surface area (Å²) in [4.78, 5) is 23.3. The zero-order valence-corrected chi connectivity index (χ0v) is 13.7. The number of ketones is 1. The molecule has 0 aromatic heterocycles. The van der Waals surface area contributed by atoms with Gasteiger partial charge in [0.05, 0.1) is 0 Å². The number of allylic oxidation sites excluding steroid dienone is 4. The summed E-state index contributed by atoms with van der Waals surface area (Å²) in [6.07, 6.45) is 12.8. The standard InChI is InChI=1S/C20H26O2/c1-19-9-7-15(22)11-13(19)3-5-16-17-6-4-14(12-21)20(17,2)10-8-18(16)19/h4,11-12,16-18H,3,5-10H2,1-2H3. The fourth-order valence-corrected chi connectivity index (χ4v) is 6.34. The lowest BCUT2D eigenvalue weighted by molar-refractivity contribution is -0.117. The number of carbonyl (C=O) groups excluding carboxylic acids is 2. The van der Waals surface area contributed by atoms with Crippen LogP contribution in [0.2, 0.25) is 0 Å². The normalized spacial score (nSPS) is 47.0. The van der Waals surface area contributed by atoms with Crippen molar-refractivity contribution in [3.8, 4) is 0 Å². The van der Waals surface area contributed by atoms with Crippen molar-refractivity contribution in [2.45, 2.75) is 58.8 Å². The lowest BCUT2D eigenvalue weighted by atomic mass is 9.47. The highest BCUT2D eigenvalue weighted by molar-refractivity contribution is 5.91. The molecule has 0 aromatic carbocycles. The fourth-order valence-electron chi connectivity index (χ4n) is 6.34. The van der Waals surface area contributed by atoms with Gasteiger partial charge >= 0.3 is 0 Å². The van der Waals surface area contributed by atoms with E-state index in [1.807, 2.05) is 6.08 Å². The van der Waals surface area contributed by atoms with E-state index in [9.17, 15) is 9.59 Å². The Kier molecular flexibility index (Phi) is 3.05. The molecule has 4 rings (SSSR count). The summed E-state index contributed by atoms with van der Waals surface area (Å²) in [6.45, 7) is 4.73. The molecule has 0 bridgehead atoms. The van der Waals surface area contributed by atoms with Crippen molar-refractivity contribution >= 4 is 12.1 Å². The summed E-state index contributed by atoms with van der Waals surface area (Å²) in [5.41, 5.74) is 2.84. The van der Waals surface area contributed by atoms with Crippen LogP contribution >= 0.6 is 0 Å². The number of fused-ring (bicyclic) bond motifs is 5. The van der Waals surface area contributed by atoms with Crippen LogP contribution < -0.4 is 0 Å². The first kappa shape index (κ1) is 14.4. The van der Waals surface area contributed by atoms with E-state index >= 15 is 0 Å². The Morgan fingerprint density at radius 1 is 1.09 bits per heavy atom. The lowest BCUT2D eigenvalue weighted by Gasteiger charge is -2.57. The number of hydrogen-bond acceptors (Lipinski definition) is 2. The van der Waals surface area contributed by atoms with Crippen molar-refractivity contribution in [1.29, 1.82) is 0 Å². The van der Waals surface area contributed by atoms with Crippen molar-refractivity contribution in [3.05, 3.63) is 23.3 Å². The molecule has 0 aliphatic heterocycles. The van der Waals surface area contributed by atoms with E-state index < -0.39 is 0 Å². The molecule has 4 aliphatic carbocycles. The first-order chi connectivity index (χ1) is 10.5. The van der Waals surface area contributed by atoms with Gasteiger partial charge in [0.1, 0.15) is 6.29 Å². The summed E-state index contributed by atoms with van der Waals surface area (Å²) in [5.74, 6) is 2.40. The Morgan fingerprint density at radius 3 is 2.68 bits per heavy atom. The molecule has 2 saturated carbocycles. The van der Waals surface area contributed by atoms with E-state index in [1.165, 1.54) is 18.4 Å². The SMILES string of the molecule is CC12CCC3C(CCC4=CC(=O)CCC43C)C1CC=C2C=O. The van der Waals surface area contributed by atoms with Crippen molar-refractivity contribution in [3.63, 3.8) is 0 Å². The molecular formula is C20H26O2.